The molecule has 0 aromatic heterocycles. The van der Waals surface area contributed by atoms with Gasteiger partial charge in [0.05, 0.1) is 6.10 Å². The van der Waals surface area contributed by atoms with Crippen molar-refractivity contribution in [1.29, 1.82) is 0 Å². The van der Waals surface area contributed by atoms with Gasteiger partial charge in [0.15, 0.2) is 0 Å². The fraction of sp³-hybridized carbons (Fsp3) is 0.600. The first-order chi connectivity index (χ1) is 9.20. The largest absolute Gasteiger partial charge is 0.378 e. The van der Waals surface area contributed by atoms with Crippen molar-refractivity contribution in [3.8, 4) is 0 Å². The van der Waals surface area contributed by atoms with Crippen LogP contribution in [0.3, 0.4) is 0 Å². The molecule has 1 aromatic rings. The molecule has 0 spiro atoms. The van der Waals surface area contributed by atoms with Gasteiger partial charge in [-0.1, -0.05) is 44.8 Å². The van der Waals surface area contributed by atoms with Crippen molar-refractivity contribution in [2.24, 2.45) is 0 Å². The molecule has 1 aliphatic heterocycles. The number of hydrogen-bond donors (Lipinski definition) is 1. The molecule has 106 valence electrons. The number of halogens is 2. The molecule has 0 amide bonds. The Morgan fingerprint density at radius 3 is 2.89 bits per heavy atom. The van der Waals surface area contributed by atoms with E-state index in [1.54, 1.807) is 0 Å². The quantitative estimate of drug-likeness (QED) is 0.751. The number of rotatable bonds is 6. The molecule has 2 unspecified atom stereocenters. The van der Waals surface area contributed by atoms with E-state index < -0.39 is 0 Å². The third-order valence-electron chi connectivity index (χ3n) is 3.59. The molecule has 1 fully saturated rings. The topological polar surface area (TPSA) is 21.3 Å². The van der Waals surface area contributed by atoms with Gasteiger partial charge in [-0.15, -0.1) is 0 Å². The first kappa shape index (κ1) is 15.5. The fourth-order valence-corrected chi connectivity index (χ4v) is 3.95. The summed E-state index contributed by atoms with van der Waals surface area (Å²) in [6.45, 7) is 4.09. The maximum absolute atomic E-state index is 5.72. The van der Waals surface area contributed by atoms with Crippen LogP contribution in [-0.2, 0) is 4.74 Å². The molecule has 0 saturated carbocycles. The predicted molar refractivity (Wildman–Crippen MR) is 86.5 cm³/mol. The third kappa shape index (κ3) is 4.55. The molecule has 0 bridgehead atoms. The van der Waals surface area contributed by atoms with E-state index in [0.717, 1.165) is 30.5 Å². The normalized spacial score (nSPS) is 20.7. The van der Waals surface area contributed by atoms with E-state index in [-0.39, 0.29) is 0 Å². The van der Waals surface area contributed by atoms with Gasteiger partial charge in [0.25, 0.3) is 0 Å². The minimum absolute atomic E-state index is 0.400. The summed E-state index contributed by atoms with van der Waals surface area (Å²) in [5.74, 6) is 0. The monoisotopic (exact) mass is 389 g/mol. The van der Waals surface area contributed by atoms with Crippen LogP contribution < -0.4 is 5.32 Å². The molecule has 0 radical (unpaired) electrons. The zero-order valence-corrected chi connectivity index (χ0v) is 14.5. The van der Waals surface area contributed by atoms with Gasteiger partial charge in [-0.25, -0.2) is 0 Å². The molecule has 1 saturated heterocycles. The molecule has 1 aromatic carbocycles. The van der Waals surface area contributed by atoms with Crippen LogP contribution in [0.4, 0.5) is 0 Å². The minimum Gasteiger partial charge on any atom is -0.378 e. The van der Waals surface area contributed by atoms with Crippen molar-refractivity contribution >= 4 is 31.9 Å². The van der Waals surface area contributed by atoms with Gasteiger partial charge >= 0.3 is 0 Å². The van der Waals surface area contributed by atoms with Gasteiger partial charge in [-0.2, -0.15) is 0 Å². The predicted octanol–water partition coefficient (Wildman–Crippen LogP) is 4.82. The first-order valence-electron chi connectivity index (χ1n) is 7.00. The Labute approximate surface area is 132 Å². The SMILES string of the molecule is CCNC(CCC1CCCO1)c1ccc(Br)cc1Br. The molecule has 2 atom stereocenters. The van der Waals surface area contributed by atoms with Crippen LogP contribution in [0.15, 0.2) is 27.1 Å². The lowest BCUT2D eigenvalue weighted by Crippen LogP contribution is -2.22. The summed E-state index contributed by atoms with van der Waals surface area (Å²) < 4.78 is 8.00. The summed E-state index contributed by atoms with van der Waals surface area (Å²) in [6.07, 6.45) is 5.17. The van der Waals surface area contributed by atoms with Crippen molar-refractivity contribution < 1.29 is 4.74 Å². The van der Waals surface area contributed by atoms with Crippen molar-refractivity contribution in [1.82, 2.24) is 5.32 Å². The van der Waals surface area contributed by atoms with Crippen molar-refractivity contribution in [3.05, 3.63) is 32.7 Å². The van der Waals surface area contributed by atoms with E-state index >= 15 is 0 Å². The maximum Gasteiger partial charge on any atom is 0.0576 e. The second kappa shape index (κ2) is 7.77. The van der Waals surface area contributed by atoms with E-state index in [2.05, 4.69) is 62.3 Å². The average Bonchev–Trinajstić information content (AvgIpc) is 2.88. The van der Waals surface area contributed by atoms with Crippen LogP contribution in [0.25, 0.3) is 0 Å². The summed E-state index contributed by atoms with van der Waals surface area (Å²) in [5, 5.41) is 3.58. The smallest absolute Gasteiger partial charge is 0.0576 e. The summed E-state index contributed by atoms with van der Waals surface area (Å²) in [6, 6.07) is 6.82. The highest BCUT2D eigenvalue weighted by Crippen LogP contribution is 2.30. The van der Waals surface area contributed by atoms with E-state index in [1.807, 2.05) is 0 Å². The molecule has 1 heterocycles. The van der Waals surface area contributed by atoms with Crippen LogP contribution >= 0.6 is 31.9 Å². The Morgan fingerprint density at radius 2 is 2.26 bits per heavy atom. The molecular formula is C15H21Br2NO. The zero-order valence-electron chi connectivity index (χ0n) is 11.3. The van der Waals surface area contributed by atoms with Gasteiger partial charge in [0, 0.05) is 21.6 Å². The summed E-state index contributed by atoms with van der Waals surface area (Å²) in [7, 11) is 0. The lowest BCUT2D eigenvalue weighted by Gasteiger charge is -2.21. The molecule has 1 aliphatic rings. The van der Waals surface area contributed by atoms with Crippen LogP contribution in [0.2, 0.25) is 0 Å². The number of nitrogens with one attached hydrogen (secondary N) is 1. The molecule has 2 nitrogen and oxygen atoms in total. The minimum atomic E-state index is 0.400. The summed E-state index contributed by atoms with van der Waals surface area (Å²) >= 11 is 7.18. The van der Waals surface area contributed by atoms with E-state index in [9.17, 15) is 0 Å². The summed E-state index contributed by atoms with van der Waals surface area (Å²) in [5.41, 5.74) is 1.34. The zero-order chi connectivity index (χ0) is 13.7. The van der Waals surface area contributed by atoms with Crippen LogP contribution in [0, 0.1) is 0 Å². The van der Waals surface area contributed by atoms with Gasteiger partial charge in [0.1, 0.15) is 0 Å². The molecular weight excluding hydrogens is 370 g/mol. The molecule has 4 heteroatoms. The lowest BCUT2D eigenvalue weighted by atomic mass is 9.99. The fourth-order valence-electron chi connectivity index (χ4n) is 2.62. The third-order valence-corrected chi connectivity index (χ3v) is 4.77. The second-order valence-electron chi connectivity index (χ2n) is 4.99. The Morgan fingerprint density at radius 1 is 1.42 bits per heavy atom. The molecule has 2 rings (SSSR count). The molecule has 19 heavy (non-hydrogen) atoms. The molecule has 1 N–H and O–H groups in total. The Bertz CT molecular complexity index is 405. The standard InChI is InChI=1S/C15H21Br2NO/c1-2-18-15(8-6-12-4-3-9-19-12)13-7-5-11(16)10-14(13)17/h5,7,10,12,15,18H,2-4,6,8-9H2,1H3. The Hall–Kier alpha value is 0.1000. The highest BCUT2D eigenvalue weighted by molar-refractivity contribution is 9.11. The second-order valence-corrected chi connectivity index (χ2v) is 6.76. The van der Waals surface area contributed by atoms with Crippen LogP contribution in [-0.4, -0.2) is 19.3 Å². The Balaban J connectivity index is 2.01. The van der Waals surface area contributed by atoms with Gasteiger partial charge in [-0.05, 0) is 49.9 Å². The lowest BCUT2D eigenvalue weighted by molar-refractivity contribution is 0.0996. The van der Waals surface area contributed by atoms with Crippen LogP contribution in [0.1, 0.15) is 44.2 Å². The van der Waals surface area contributed by atoms with Crippen molar-refractivity contribution in [2.45, 2.75) is 44.8 Å². The van der Waals surface area contributed by atoms with Gasteiger partial charge < -0.3 is 10.1 Å². The van der Waals surface area contributed by atoms with E-state index in [4.69, 9.17) is 4.74 Å². The average molecular weight is 391 g/mol. The van der Waals surface area contributed by atoms with Gasteiger partial charge in [-0.3, -0.25) is 0 Å². The summed E-state index contributed by atoms with van der Waals surface area (Å²) in [4.78, 5) is 0. The highest BCUT2D eigenvalue weighted by Gasteiger charge is 2.19. The van der Waals surface area contributed by atoms with Crippen molar-refractivity contribution in [3.63, 3.8) is 0 Å². The molecule has 0 aliphatic carbocycles. The number of ether oxygens (including phenoxy) is 1. The van der Waals surface area contributed by atoms with Crippen molar-refractivity contribution in [2.75, 3.05) is 13.2 Å². The van der Waals surface area contributed by atoms with E-state index in [0.29, 0.717) is 12.1 Å². The number of hydrogen-bond acceptors (Lipinski definition) is 2. The maximum atomic E-state index is 5.72. The first-order valence-corrected chi connectivity index (χ1v) is 8.59. The highest BCUT2D eigenvalue weighted by atomic mass is 79.9. The van der Waals surface area contributed by atoms with Gasteiger partial charge in [0.2, 0.25) is 0 Å². The number of benzene rings is 1. The van der Waals surface area contributed by atoms with E-state index in [1.165, 1.54) is 22.9 Å². The Kier molecular flexibility index (Phi) is 6.33. The van der Waals surface area contributed by atoms with Crippen LogP contribution in [0.5, 0.6) is 0 Å².